The molecule has 0 saturated heterocycles. The maximum Gasteiger partial charge on any atom is 0.305 e. The van der Waals surface area contributed by atoms with Crippen LogP contribution >= 0.6 is 11.8 Å². The van der Waals surface area contributed by atoms with Gasteiger partial charge >= 0.3 is 5.97 Å². The molecule has 0 bridgehead atoms. The van der Waals surface area contributed by atoms with E-state index in [1.54, 1.807) is 0 Å². The summed E-state index contributed by atoms with van der Waals surface area (Å²) < 4.78 is 4.94. The fourth-order valence-electron chi connectivity index (χ4n) is 4.30. The molecule has 5 heteroatoms. The van der Waals surface area contributed by atoms with Gasteiger partial charge in [0.15, 0.2) is 0 Å². The summed E-state index contributed by atoms with van der Waals surface area (Å²) in [5, 5.41) is 10.7. The highest BCUT2D eigenvalue weighted by Crippen LogP contribution is 2.36. The fourth-order valence-corrected chi connectivity index (χ4v) is 5.74. The van der Waals surface area contributed by atoms with Crippen LogP contribution in [0.25, 0.3) is 0 Å². The second-order valence-corrected chi connectivity index (χ2v) is 10.1. The first-order valence-corrected chi connectivity index (χ1v) is 13.6. The van der Waals surface area contributed by atoms with E-state index in [-0.39, 0.29) is 18.0 Å². The second-order valence-electron chi connectivity index (χ2n) is 8.80. The molecule has 0 aliphatic heterocycles. The molecule has 1 aliphatic rings. The number of thioether (sulfide) groups is 1. The van der Waals surface area contributed by atoms with Gasteiger partial charge in [0.2, 0.25) is 0 Å². The van der Waals surface area contributed by atoms with E-state index in [9.17, 15) is 14.7 Å². The number of Topliss-reactive ketones (excluding diaryl/α,β-unsaturated/α-hetero) is 1. The summed E-state index contributed by atoms with van der Waals surface area (Å²) in [6, 6.07) is 0. The smallest absolute Gasteiger partial charge is 0.305 e. The van der Waals surface area contributed by atoms with Crippen LogP contribution in [0.2, 0.25) is 0 Å². The van der Waals surface area contributed by atoms with E-state index in [2.05, 4.69) is 6.92 Å². The Labute approximate surface area is 189 Å². The van der Waals surface area contributed by atoms with Gasteiger partial charge in [-0.15, -0.1) is 0 Å². The molecule has 0 aromatic carbocycles. The maximum absolute atomic E-state index is 12.3. The van der Waals surface area contributed by atoms with Gasteiger partial charge in [0.25, 0.3) is 0 Å². The number of esters is 1. The van der Waals surface area contributed by atoms with Gasteiger partial charge in [-0.3, -0.25) is 9.59 Å². The molecule has 1 N–H and O–H groups in total. The average molecular weight is 443 g/mol. The molecule has 0 spiro atoms. The summed E-state index contributed by atoms with van der Waals surface area (Å²) in [6.07, 6.45) is 16.7. The zero-order valence-electron chi connectivity index (χ0n) is 19.5. The predicted octanol–water partition coefficient (Wildman–Crippen LogP) is 6.47. The van der Waals surface area contributed by atoms with E-state index in [0.29, 0.717) is 24.1 Å². The fraction of sp³-hybridized carbons (Fsp3) is 0.920. The number of aliphatic hydroxyl groups is 1. The number of unbranched alkanes of at least 4 members (excludes halogenated alkanes) is 9. The second kappa shape index (κ2) is 18.1. The molecule has 4 nitrogen and oxygen atoms in total. The van der Waals surface area contributed by atoms with Crippen LogP contribution in [0.5, 0.6) is 0 Å². The molecule has 0 aromatic heterocycles. The van der Waals surface area contributed by atoms with Crippen LogP contribution in [0.15, 0.2) is 0 Å². The van der Waals surface area contributed by atoms with Crippen LogP contribution in [-0.2, 0) is 14.3 Å². The zero-order chi connectivity index (χ0) is 22.0. The average Bonchev–Trinajstić information content (AvgIpc) is 3.08. The Morgan fingerprint density at radius 3 is 2.43 bits per heavy atom. The molecule has 0 radical (unpaired) electrons. The van der Waals surface area contributed by atoms with Gasteiger partial charge in [0.05, 0.1) is 12.7 Å². The van der Waals surface area contributed by atoms with Crippen LogP contribution < -0.4 is 0 Å². The van der Waals surface area contributed by atoms with Crippen molar-refractivity contribution in [3.63, 3.8) is 0 Å². The molecule has 0 heterocycles. The molecule has 3 atom stereocenters. The Hall–Kier alpha value is -0.550. The predicted molar refractivity (Wildman–Crippen MR) is 127 cm³/mol. The number of hydrogen-bond acceptors (Lipinski definition) is 5. The molecule has 3 unspecified atom stereocenters. The van der Waals surface area contributed by atoms with E-state index in [0.717, 1.165) is 63.5 Å². The minimum Gasteiger partial charge on any atom is -0.466 e. The third-order valence-electron chi connectivity index (χ3n) is 6.13. The Kier molecular flexibility index (Phi) is 16.5. The minimum atomic E-state index is -0.220. The van der Waals surface area contributed by atoms with E-state index < -0.39 is 0 Å². The van der Waals surface area contributed by atoms with Crippen LogP contribution in [0, 0.1) is 5.92 Å². The third kappa shape index (κ3) is 13.0. The van der Waals surface area contributed by atoms with Crippen molar-refractivity contribution in [2.24, 2.45) is 5.92 Å². The van der Waals surface area contributed by atoms with Crippen molar-refractivity contribution in [2.45, 2.75) is 128 Å². The molecular formula is C25H46O4S. The van der Waals surface area contributed by atoms with E-state index >= 15 is 0 Å². The number of aliphatic hydroxyl groups excluding tert-OH is 1. The standard InChI is InChI=1S/C25H46O4S/c1-3-5-6-9-12-15-21(26)20-30-24-19-18-23(27)22(24)16-13-10-7-8-11-14-17-25(28)29-4-2/h21-22,24,26H,3-20H2,1-2H3. The van der Waals surface area contributed by atoms with Crippen molar-refractivity contribution in [1.29, 1.82) is 0 Å². The highest BCUT2D eigenvalue weighted by atomic mass is 32.2. The Bertz CT molecular complexity index is 454. The van der Waals surface area contributed by atoms with Gasteiger partial charge in [-0.25, -0.2) is 0 Å². The third-order valence-corrected chi connectivity index (χ3v) is 7.70. The number of hydrogen-bond donors (Lipinski definition) is 1. The molecule has 30 heavy (non-hydrogen) atoms. The lowest BCUT2D eigenvalue weighted by Gasteiger charge is -2.20. The van der Waals surface area contributed by atoms with E-state index in [1.165, 1.54) is 38.5 Å². The van der Waals surface area contributed by atoms with Gasteiger partial charge in [-0.05, 0) is 32.6 Å². The largest absolute Gasteiger partial charge is 0.466 e. The van der Waals surface area contributed by atoms with Crippen molar-refractivity contribution in [3.05, 3.63) is 0 Å². The van der Waals surface area contributed by atoms with Crippen molar-refractivity contribution >= 4 is 23.5 Å². The first-order chi connectivity index (χ1) is 14.6. The van der Waals surface area contributed by atoms with Crippen LogP contribution in [0.3, 0.4) is 0 Å². The number of carbonyl (C=O) groups excluding carboxylic acids is 2. The minimum absolute atomic E-state index is 0.0811. The summed E-state index contributed by atoms with van der Waals surface area (Å²) in [7, 11) is 0. The van der Waals surface area contributed by atoms with Crippen LogP contribution in [0.1, 0.15) is 117 Å². The van der Waals surface area contributed by atoms with Crippen molar-refractivity contribution in [3.8, 4) is 0 Å². The first kappa shape index (κ1) is 27.5. The van der Waals surface area contributed by atoms with Crippen molar-refractivity contribution in [1.82, 2.24) is 0 Å². The summed E-state index contributed by atoms with van der Waals surface area (Å²) in [6.45, 7) is 4.53. The summed E-state index contributed by atoms with van der Waals surface area (Å²) in [5.74, 6) is 1.34. The summed E-state index contributed by atoms with van der Waals surface area (Å²) >= 11 is 1.84. The monoisotopic (exact) mass is 442 g/mol. The van der Waals surface area contributed by atoms with Crippen LogP contribution in [-0.4, -0.2) is 40.6 Å². The first-order valence-electron chi connectivity index (χ1n) is 12.6. The molecule has 1 fully saturated rings. The molecular weight excluding hydrogens is 396 g/mol. The van der Waals surface area contributed by atoms with E-state index in [4.69, 9.17) is 4.74 Å². The Balaban J connectivity index is 2.08. The Morgan fingerprint density at radius 1 is 1.03 bits per heavy atom. The number of carbonyl (C=O) groups is 2. The quantitative estimate of drug-likeness (QED) is 0.183. The van der Waals surface area contributed by atoms with Gasteiger partial charge < -0.3 is 9.84 Å². The highest BCUT2D eigenvalue weighted by molar-refractivity contribution is 8.00. The van der Waals surface area contributed by atoms with Gasteiger partial charge in [0, 0.05) is 29.8 Å². The lowest BCUT2D eigenvalue weighted by atomic mass is 9.98. The van der Waals surface area contributed by atoms with Crippen LogP contribution in [0.4, 0.5) is 0 Å². The topological polar surface area (TPSA) is 63.6 Å². The van der Waals surface area contributed by atoms with E-state index in [1.807, 2.05) is 18.7 Å². The zero-order valence-corrected chi connectivity index (χ0v) is 20.4. The molecule has 1 aliphatic carbocycles. The van der Waals surface area contributed by atoms with Gasteiger partial charge in [-0.2, -0.15) is 11.8 Å². The normalized spacial score (nSPS) is 19.9. The molecule has 0 aromatic rings. The number of ether oxygens (including phenoxy) is 1. The summed E-state index contributed by atoms with van der Waals surface area (Å²) in [5.41, 5.74) is 0. The maximum atomic E-state index is 12.3. The van der Waals surface area contributed by atoms with Crippen molar-refractivity contribution < 1.29 is 19.4 Å². The molecule has 0 amide bonds. The van der Waals surface area contributed by atoms with Gasteiger partial charge in [-0.1, -0.05) is 71.1 Å². The lowest BCUT2D eigenvalue weighted by Crippen LogP contribution is -2.20. The summed E-state index contributed by atoms with van der Waals surface area (Å²) in [4.78, 5) is 23.6. The van der Waals surface area contributed by atoms with Crippen molar-refractivity contribution in [2.75, 3.05) is 12.4 Å². The Morgan fingerprint density at radius 2 is 1.70 bits per heavy atom. The lowest BCUT2D eigenvalue weighted by molar-refractivity contribution is -0.143. The molecule has 1 rings (SSSR count). The number of ketones is 1. The number of rotatable bonds is 19. The molecule has 176 valence electrons. The SMILES string of the molecule is CCCCCCCC(O)CSC1CCC(=O)C1CCCCCCCCC(=O)OCC. The van der Waals surface area contributed by atoms with Gasteiger partial charge in [0.1, 0.15) is 5.78 Å². The highest BCUT2D eigenvalue weighted by Gasteiger charge is 2.34. The molecule has 1 saturated carbocycles.